The normalized spacial score (nSPS) is 16.8. The molecule has 2 N–H and O–H groups in total. The molecule has 0 fully saturated rings. The molecule has 0 aromatic rings. The van der Waals surface area contributed by atoms with Gasteiger partial charge in [0.25, 0.3) is 0 Å². The Labute approximate surface area is 63.7 Å². The van der Waals surface area contributed by atoms with Crippen molar-refractivity contribution in [3.8, 4) is 0 Å². The quantitative estimate of drug-likeness (QED) is 0.634. The first kappa shape index (κ1) is 9.92. The molecule has 10 heavy (non-hydrogen) atoms. The van der Waals surface area contributed by atoms with Crippen LogP contribution in [-0.4, -0.2) is 19.8 Å². The molecule has 0 bridgehead atoms. The topological polar surface area (TPSA) is 35.2 Å². The standard InChI is InChI=1S/C8H19NO/c1-4-8(3,6-9)7-10-5-2/h4-7,9H2,1-3H3. The van der Waals surface area contributed by atoms with Gasteiger partial charge in [-0.2, -0.15) is 0 Å². The summed E-state index contributed by atoms with van der Waals surface area (Å²) in [6, 6.07) is 0. The fraction of sp³-hybridized carbons (Fsp3) is 1.00. The van der Waals surface area contributed by atoms with Crippen LogP contribution in [0, 0.1) is 5.41 Å². The Kier molecular flexibility index (Phi) is 4.65. The Morgan fingerprint density at radius 3 is 2.30 bits per heavy atom. The predicted molar refractivity (Wildman–Crippen MR) is 43.9 cm³/mol. The van der Waals surface area contributed by atoms with Crippen LogP contribution in [0.25, 0.3) is 0 Å². The summed E-state index contributed by atoms with van der Waals surface area (Å²) in [5.41, 5.74) is 5.77. The molecule has 0 aromatic heterocycles. The van der Waals surface area contributed by atoms with Gasteiger partial charge in [-0.3, -0.25) is 0 Å². The Hall–Kier alpha value is -0.0800. The summed E-state index contributed by atoms with van der Waals surface area (Å²) in [6.45, 7) is 8.59. The second-order valence-corrected chi connectivity index (χ2v) is 3.01. The smallest absolute Gasteiger partial charge is 0.0531 e. The van der Waals surface area contributed by atoms with Gasteiger partial charge in [-0.15, -0.1) is 0 Å². The summed E-state index contributed by atoms with van der Waals surface area (Å²) in [5, 5.41) is 0. The molecule has 1 unspecified atom stereocenters. The van der Waals surface area contributed by atoms with E-state index < -0.39 is 0 Å². The summed E-state index contributed by atoms with van der Waals surface area (Å²) < 4.78 is 5.30. The fourth-order valence-corrected chi connectivity index (χ4v) is 0.654. The maximum Gasteiger partial charge on any atom is 0.0531 e. The van der Waals surface area contributed by atoms with Crippen molar-refractivity contribution in [1.29, 1.82) is 0 Å². The molecule has 0 aliphatic carbocycles. The zero-order valence-electron chi connectivity index (χ0n) is 7.31. The van der Waals surface area contributed by atoms with Crippen LogP contribution in [-0.2, 0) is 4.74 Å². The average molecular weight is 145 g/mol. The minimum atomic E-state index is 0.190. The molecule has 0 aliphatic heterocycles. The van der Waals surface area contributed by atoms with E-state index in [0.717, 1.165) is 19.6 Å². The van der Waals surface area contributed by atoms with Crippen LogP contribution in [0.5, 0.6) is 0 Å². The molecular formula is C8H19NO. The van der Waals surface area contributed by atoms with Gasteiger partial charge in [-0.1, -0.05) is 13.8 Å². The van der Waals surface area contributed by atoms with E-state index in [1.165, 1.54) is 0 Å². The lowest BCUT2D eigenvalue weighted by molar-refractivity contribution is 0.0632. The minimum Gasteiger partial charge on any atom is -0.381 e. The first-order valence-electron chi connectivity index (χ1n) is 3.96. The van der Waals surface area contributed by atoms with Crippen molar-refractivity contribution in [2.24, 2.45) is 11.1 Å². The van der Waals surface area contributed by atoms with E-state index in [9.17, 15) is 0 Å². The third-order valence-corrected chi connectivity index (χ3v) is 2.00. The van der Waals surface area contributed by atoms with Gasteiger partial charge in [0.2, 0.25) is 0 Å². The number of hydrogen-bond donors (Lipinski definition) is 1. The molecule has 1 atom stereocenters. The van der Waals surface area contributed by atoms with Crippen LogP contribution in [0.3, 0.4) is 0 Å². The Morgan fingerprint density at radius 2 is 2.00 bits per heavy atom. The van der Waals surface area contributed by atoms with Crippen molar-refractivity contribution < 1.29 is 4.74 Å². The van der Waals surface area contributed by atoms with Crippen LogP contribution >= 0.6 is 0 Å². The highest BCUT2D eigenvalue weighted by atomic mass is 16.5. The van der Waals surface area contributed by atoms with Gasteiger partial charge in [-0.25, -0.2) is 0 Å². The zero-order chi connectivity index (χ0) is 8.04. The monoisotopic (exact) mass is 145 g/mol. The third kappa shape index (κ3) is 3.18. The lowest BCUT2D eigenvalue weighted by atomic mass is 9.89. The number of hydrogen-bond acceptors (Lipinski definition) is 2. The Morgan fingerprint density at radius 1 is 1.40 bits per heavy atom. The maximum absolute atomic E-state index is 5.58. The van der Waals surface area contributed by atoms with Gasteiger partial charge in [0, 0.05) is 12.0 Å². The van der Waals surface area contributed by atoms with Gasteiger partial charge in [0.15, 0.2) is 0 Å². The van der Waals surface area contributed by atoms with Crippen molar-refractivity contribution in [2.45, 2.75) is 27.2 Å². The molecule has 2 nitrogen and oxygen atoms in total. The molecular weight excluding hydrogens is 126 g/mol. The zero-order valence-corrected chi connectivity index (χ0v) is 7.31. The summed E-state index contributed by atoms with van der Waals surface area (Å²) in [7, 11) is 0. The molecule has 0 amide bonds. The van der Waals surface area contributed by atoms with E-state index in [1.54, 1.807) is 0 Å². The highest BCUT2D eigenvalue weighted by Gasteiger charge is 2.19. The van der Waals surface area contributed by atoms with E-state index in [0.29, 0.717) is 6.54 Å². The number of nitrogens with two attached hydrogens (primary N) is 1. The van der Waals surface area contributed by atoms with Gasteiger partial charge in [-0.05, 0) is 19.9 Å². The lowest BCUT2D eigenvalue weighted by Crippen LogP contribution is -2.31. The first-order valence-corrected chi connectivity index (χ1v) is 3.96. The van der Waals surface area contributed by atoms with Crippen molar-refractivity contribution in [2.75, 3.05) is 19.8 Å². The van der Waals surface area contributed by atoms with Gasteiger partial charge in [0.05, 0.1) is 6.61 Å². The molecule has 0 spiro atoms. The Bertz CT molecular complexity index is 79.3. The van der Waals surface area contributed by atoms with Crippen LogP contribution in [0.4, 0.5) is 0 Å². The van der Waals surface area contributed by atoms with Crippen LogP contribution < -0.4 is 5.73 Å². The van der Waals surface area contributed by atoms with Crippen molar-refractivity contribution >= 4 is 0 Å². The van der Waals surface area contributed by atoms with Crippen molar-refractivity contribution in [1.82, 2.24) is 0 Å². The maximum atomic E-state index is 5.58. The van der Waals surface area contributed by atoms with Crippen molar-refractivity contribution in [3.63, 3.8) is 0 Å². The van der Waals surface area contributed by atoms with Crippen LogP contribution in [0.1, 0.15) is 27.2 Å². The molecule has 0 aromatic carbocycles. The van der Waals surface area contributed by atoms with E-state index in [-0.39, 0.29) is 5.41 Å². The summed E-state index contributed by atoms with van der Waals surface area (Å²) in [4.78, 5) is 0. The molecule has 0 saturated heterocycles. The second kappa shape index (κ2) is 4.69. The van der Waals surface area contributed by atoms with Gasteiger partial charge >= 0.3 is 0 Å². The molecule has 0 radical (unpaired) electrons. The molecule has 0 aliphatic rings. The Balaban J connectivity index is 3.58. The van der Waals surface area contributed by atoms with Gasteiger partial charge < -0.3 is 10.5 Å². The fourth-order valence-electron chi connectivity index (χ4n) is 0.654. The average Bonchev–Trinajstić information content (AvgIpc) is 2.00. The van der Waals surface area contributed by atoms with E-state index in [1.807, 2.05) is 6.92 Å². The molecule has 0 heterocycles. The summed E-state index contributed by atoms with van der Waals surface area (Å²) in [5.74, 6) is 0. The SMILES string of the molecule is CCOCC(C)(CC)CN. The van der Waals surface area contributed by atoms with E-state index in [2.05, 4.69) is 13.8 Å². The highest BCUT2D eigenvalue weighted by molar-refractivity contribution is 4.72. The third-order valence-electron chi connectivity index (χ3n) is 2.00. The number of ether oxygens (including phenoxy) is 1. The van der Waals surface area contributed by atoms with Crippen molar-refractivity contribution in [3.05, 3.63) is 0 Å². The van der Waals surface area contributed by atoms with Crippen LogP contribution in [0.2, 0.25) is 0 Å². The summed E-state index contributed by atoms with van der Waals surface area (Å²) >= 11 is 0. The number of rotatable bonds is 5. The predicted octanol–water partition coefficient (Wildman–Crippen LogP) is 1.40. The largest absolute Gasteiger partial charge is 0.381 e. The molecule has 62 valence electrons. The second-order valence-electron chi connectivity index (χ2n) is 3.01. The lowest BCUT2D eigenvalue weighted by Gasteiger charge is -2.25. The summed E-state index contributed by atoms with van der Waals surface area (Å²) in [6.07, 6.45) is 1.09. The minimum absolute atomic E-state index is 0.190. The van der Waals surface area contributed by atoms with Crippen LogP contribution in [0.15, 0.2) is 0 Å². The highest BCUT2D eigenvalue weighted by Crippen LogP contribution is 2.18. The molecule has 0 rings (SSSR count). The van der Waals surface area contributed by atoms with E-state index in [4.69, 9.17) is 10.5 Å². The van der Waals surface area contributed by atoms with E-state index >= 15 is 0 Å². The van der Waals surface area contributed by atoms with Gasteiger partial charge in [0.1, 0.15) is 0 Å². The first-order chi connectivity index (χ1) is 4.68. The molecule has 2 heteroatoms. The molecule has 0 saturated carbocycles.